The van der Waals surface area contributed by atoms with E-state index in [4.69, 9.17) is 21.7 Å². The van der Waals surface area contributed by atoms with Gasteiger partial charge in [0.1, 0.15) is 17.4 Å². The van der Waals surface area contributed by atoms with Gasteiger partial charge in [-0.1, -0.05) is 39.7 Å². The van der Waals surface area contributed by atoms with Crippen LogP contribution in [0.5, 0.6) is 5.75 Å². The number of benzene rings is 2. The summed E-state index contributed by atoms with van der Waals surface area (Å²) in [6.07, 6.45) is 1.42. The molecule has 0 atom stereocenters. The zero-order valence-electron chi connectivity index (χ0n) is 18.1. The van der Waals surface area contributed by atoms with E-state index < -0.39 is 11.8 Å². The molecular weight excluding hydrogens is 510 g/mol. The number of rotatable bonds is 6. The molecule has 1 heterocycles. The van der Waals surface area contributed by atoms with E-state index in [-0.39, 0.29) is 11.3 Å². The monoisotopic (exact) mass is 529 g/mol. The maximum absolute atomic E-state index is 13.0. The molecule has 3 N–H and O–H groups in total. The van der Waals surface area contributed by atoms with Crippen molar-refractivity contribution < 1.29 is 14.3 Å². The number of methoxy groups -OCH3 is 1. The Labute approximate surface area is 204 Å². The minimum absolute atomic E-state index is 0.178. The molecule has 2 amide bonds. The van der Waals surface area contributed by atoms with Crippen LogP contribution in [0.4, 0.5) is 11.5 Å². The van der Waals surface area contributed by atoms with Crippen molar-refractivity contribution in [3.63, 3.8) is 0 Å². The number of nitrogens with one attached hydrogen (secondary N) is 3. The van der Waals surface area contributed by atoms with Crippen LogP contribution in [0.2, 0.25) is 5.02 Å². The highest BCUT2D eigenvalue weighted by Gasteiger charge is 2.21. The average molecular weight is 531 g/mol. The first-order chi connectivity index (χ1) is 15.7. The van der Waals surface area contributed by atoms with Gasteiger partial charge in [0.05, 0.1) is 23.4 Å². The van der Waals surface area contributed by atoms with Crippen LogP contribution in [0.15, 0.2) is 59.2 Å². The fraction of sp³-hybridized carbons (Fsp3) is 0.130. The number of carbonyl (C=O) groups excluding carboxylic acids is 2. The zero-order chi connectivity index (χ0) is 24.1. The van der Waals surface area contributed by atoms with E-state index in [1.54, 1.807) is 67.5 Å². The molecule has 0 bridgehead atoms. The topological polar surface area (TPSA) is 107 Å². The van der Waals surface area contributed by atoms with Gasteiger partial charge in [0, 0.05) is 35.9 Å². The second-order valence-electron chi connectivity index (χ2n) is 7.12. The predicted octanol–water partition coefficient (Wildman–Crippen LogP) is 4.90. The van der Waals surface area contributed by atoms with Gasteiger partial charge in [0.2, 0.25) is 0 Å². The van der Waals surface area contributed by atoms with Gasteiger partial charge >= 0.3 is 0 Å². The van der Waals surface area contributed by atoms with Crippen molar-refractivity contribution in [3.05, 3.63) is 80.9 Å². The Bertz CT molecular complexity index is 1200. The molecular formula is C23H21BrClN5O3. The SMILES string of the molecule is COc1cc(Br)cc(C(=O)Nc2ccc(Cl)cn2)c1NC(=O)c1ccc(C(=N)N(C)C)cc1. The van der Waals surface area contributed by atoms with Crippen molar-refractivity contribution in [2.75, 3.05) is 31.8 Å². The van der Waals surface area contributed by atoms with Gasteiger partial charge in [0.25, 0.3) is 11.8 Å². The molecule has 0 aliphatic rings. The molecule has 0 saturated carbocycles. The highest BCUT2D eigenvalue weighted by atomic mass is 79.9. The Balaban J connectivity index is 1.90. The van der Waals surface area contributed by atoms with E-state index in [9.17, 15) is 9.59 Å². The molecule has 3 aromatic rings. The number of amides is 2. The highest BCUT2D eigenvalue weighted by Crippen LogP contribution is 2.33. The van der Waals surface area contributed by atoms with Crippen LogP contribution < -0.4 is 15.4 Å². The lowest BCUT2D eigenvalue weighted by Crippen LogP contribution is -2.22. The van der Waals surface area contributed by atoms with E-state index >= 15 is 0 Å². The number of hydrogen-bond donors (Lipinski definition) is 3. The molecule has 8 nitrogen and oxygen atoms in total. The summed E-state index contributed by atoms with van der Waals surface area (Å²) in [7, 11) is 4.99. The van der Waals surface area contributed by atoms with Crippen LogP contribution in [0, 0.1) is 5.41 Å². The molecule has 10 heteroatoms. The van der Waals surface area contributed by atoms with E-state index in [2.05, 4.69) is 31.5 Å². The maximum Gasteiger partial charge on any atom is 0.259 e. The van der Waals surface area contributed by atoms with Crippen LogP contribution in [-0.4, -0.2) is 48.7 Å². The first kappa shape index (κ1) is 24.2. The summed E-state index contributed by atoms with van der Waals surface area (Å²) in [5.41, 5.74) is 1.42. The van der Waals surface area contributed by atoms with Crippen molar-refractivity contribution in [2.45, 2.75) is 0 Å². The average Bonchev–Trinajstić information content (AvgIpc) is 2.80. The third-order valence-corrected chi connectivity index (χ3v) is 5.29. The molecule has 170 valence electrons. The van der Waals surface area contributed by atoms with Gasteiger partial charge in [-0.15, -0.1) is 0 Å². The number of halogens is 2. The van der Waals surface area contributed by atoms with Crippen molar-refractivity contribution in [3.8, 4) is 5.75 Å². The van der Waals surface area contributed by atoms with Crippen molar-refractivity contribution in [1.82, 2.24) is 9.88 Å². The molecule has 1 aromatic heterocycles. The van der Waals surface area contributed by atoms with Gasteiger partial charge in [-0.3, -0.25) is 15.0 Å². The Morgan fingerprint density at radius 3 is 2.27 bits per heavy atom. The Morgan fingerprint density at radius 2 is 1.70 bits per heavy atom. The number of anilines is 2. The van der Waals surface area contributed by atoms with E-state index in [0.29, 0.717) is 38.0 Å². The molecule has 0 saturated heterocycles. The molecule has 33 heavy (non-hydrogen) atoms. The number of hydrogen-bond acceptors (Lipinski definition) is 5. The number of ether oxygens (including phenoxy) is 1. The van der Waals surface area contributed by atoms with E-state index in [0.717, 1.165) is 0 Å². The normalized spacial score (nSPS) is 10.3. The van der Waals surface area contributed by atoms with Crippen molar-refractivity contribution in [2.24, 2.45) is 0 Å². The summed E-state index contributed by atoms with van der Waals surface area (Å²) >= 11 is 9.21. The second kappa shape index (κ2) is 10.5. The smallest absolute Gasteiger partial charge is 0.259 e. The predicted molar refractivity (Wildman–Crippen MR) is 133 cm³/mol. The minimum atomic E-state index is -0.491. The lowest BCUT2D eigenvalue weighted by molar-refractivity contribution is 0.102. The number of aromatic nitrogens is 1. The van der Waals surface area contributed by atoms with E-state index in [1.165, 1.54) is 13.3 Å². The third kappa shape index (κ3) is 5.88. The number of amidine groups is 1. The van der Waals surface area contributed by atoms with Gasteiger partial charge in [-0.2, -0.15) is 0 Å². The number of pyridine rings is 1. The summed E-state index contributed by atoms with van der Waals surface area (Å²) in [6.45, 7) is 0. The zero-order valence-corrected chi connectivity index (χ0v) is 20.4. The lowest BCUT2D eigenvalue weighted by atomic mass is 10.1. The number of carbonyl (C=O) groups is 2. The molecule has 0 spiro atoms. The fourth-order valence-electron chi connectivity index (χ4n) is 2.91. The lowest BCUT2D eigenvalue weighted by Gasteiger charge is -2.16. The molecule has 0 fully saturated rings. The van der Waals surface area contributed by atoms with Gasteiger partial charge in [0.15, 0.2) is 0 Å². The first-order valence-corrected chi connectivity index (χ1v) is 10.8. The van der Waals surface area contributed by atoms with Crippen LogP contribution in [-0.2, 0) is 0 Å². The van der Waals surface area contributed by atoms with Gasteiger partial charge in [-0.05, 0) is 36.4 Å². The quantitative estimate of drug-likeness (QED) is 0.310. The van der Waals surface area contributed by atoms with Gasteiger partial charge < -0.3 is 20.3 Å². The molecule has 0 aliphatic carbocycles. The maximum atomic E-state index is 13.0. The summed E-state index contributed by atoms with van der Waals surface area (Å²) in [5, 5.41) is 13.9. The molecule has 0 unspecified atom stereocenters. The molecule has 0 radical (unpaired) electrons. The van der Waals surface area contributed by atoms with Crippen molar-refractivity contribution in [1.29, 1.82) is 5.41 Å². The molecule has 3 rings (SSSR count). The number of nitrogens with zero attached hydrogens (tertiary/aromatic N) is 2. The first-order valence-electron chi connectivity index (χ1n) is 9.67. The Morgan fingerprint density at radius 1 is 1.03 bits per heavy atom. The summed E-state index contributed by atoms with van der Waals surface area (Å²) in [4.78, 5) is 31.7. The van der Waals surface area contributed by atoms with Crippen molar-refractivity contribution >= 4 is 56.7 Å². The van der Waals surface area contributed by atoms with Crippen LogP contribution >= 0.6 is 27.5 Å². The third-order valence-electron chi connectivity index (χ3n) is 4.61. The molecule has 0 aliphatic heterocycles. The largest absolute Gasteiger partial charge is 0.495 e. The minimum Gasteiger partial charge on any atom is -0.495 e. The summed E-state index contributed by atoms with van der Waals surface area (Å²) < 4.78 is 6.00. The van der Waals surface area contributed by atoms with Gasteiger partial charge in [-0.25, -0.2) is 4.98 Å². The summed E-state index contributed by atoms with van der Waals surface area (Å²) in [5.74, 6) is 0.00974. The Kier molecular flexibility index (Phi) is 7.67. The van der Waals surface area contributed by atoms with Crippen LogP contribution in [0.25, 0.3) is 0 Å². The Hall–Kier alpha value is -3.43. The highest BCUT2D eigenvalue weighted by molar-refractivity contribution is 9.10. The fourth-order valence-corrected chi connectivity index (χ4v) is 3.46. The second-order valence-corrected chi connectivity index (χ2v) is 8.47. The molecule has 2 aromatic carbocycles. The van der Waals surface area contributed by atoms with Crippen LogP contribution in [0.1, 0.15) is 26.3 Å². The van der Waals surface area contributed by atoms with Crippen LogP contribution in [0.3, 0.4) is 0 Å². The summed E-state index contributed by atoms with van der Waals surface area (Å²) in [6, 6.07) is 13.0. The van der Waals surface area contributed by atoms with E-state index in [1.807, 2.05) is 0 Å². The standard InChI is InChI=1S/C23H21BrClN5O3/c1-30(2)21(26)13-4-6-14(7-5-13)22(31)29-20-17(10-15(24)11-18(20)33-3)23(32)28-19-9-8-16(25)12-27-19/h4-12,26H,1-3H3,(H,29,31)(H,27,28,32).